The van der Waals surface area contributed by atoms with Crippen molar-refractivity contribution in [2.75, 3.05) is 20.3 Å². The molecule has 7 nitrogen and oxygen atoms in total. The quantitative estimate of drug-likeness (QED) is 0.512. The van der Waals surface area contributed by atoms with Crippen molar-refractivity contribution in [3.05, 3.63) is 58.8 Å². The number of allylic oxidation sites excluding steroid dienone is 2. The number of ketones is 1. The highest BCUT2D eigenvalue weighted by Gasteiger charge is 2.38. The molecule has 0 saturated carbocycles. The lowest BCUT2D eigenvalue weighted by Gasteiger charge is -2.34. The molecule has 0 bridgehead atoms. The second-order valence-corrected chi connectivity index (χ2v) is 9.37. The fourth-order valence-electron chi connectivity index (χ4n) is 5.05. The summed E-state index contributed by atoms with van der Waals surface area (Å²) in [4.78, 5) is 26.3. The Kier molecular flexibility index (Phi) is 7.87. The average molecular weight is 494 g/mol. The number of rotatable bonds is 9. The topological polar surface area (TPSA) is 83.1 Å². The summed E-state index contributed by atoms with van der Waals surface area (Å²) in [5, 5.41) is 2.99. The van der Waals surface area contributed by atoms with Crippen molar-refractivity contribution in [2.24, 2.45) is 0 Å². The van der Waals surface area contributed by atoms with Crippen LogP contribution >= 0.6 is 0 Å². The van der Waals surface area contributed by atoms with E-state index in [0.29, 0.717) is 60.3 Å². The van der Waals surface area contributed by atoms with Gasteiger partial charge in [0.05, 0.1) is 26.4 Å². The van der Waals surface area contributed by atoms with Gasteiger partial charge in [-0.25, -0.2) is 0 Å². The summed E-state index contributed by atoms with van der Waals surface area (Å²) >= 11 is 0. The first kappa shape index (κ1) is 25.6. The van der Waals surface area contributed by atoms with E-state index >= 15 is 0 Å². The Bertz CT molecular complexity index is 1170. The molecule has 7 heteroatoms. The second-order valence-electron chi connectivity index (χ2n) is 9.37. The highest BCUT2D eigenvalue weighted by molar-refractivity contribution is 6.02. The van der Waals surface area contributed by atoms with E-state index in [-0.39, 0.29) is 36.1 Å². The maximum Gasteiger partial charge on any atom is 0.225 e. The van der Waals surface area contributed by atoms with Gasteiger partial charge in [-0.3, -0.25) is 9.59 Å². The minimum atomic E-state index is -0.312. The Morgan fingerprint density at radius 2 is 1.53 bits per heavy atom. The normalized spacial score (nSPS) is 19.6. The van der Waals surface area contributed by atoms with Crippen LogP contribution in [0.4, 0.5) is 0 Å². The summed E-state index contributed by atoms with van der Waals surface area (Å²) < 4.78 is 22.9. The van der Waals surface area contributed by atoms with Crippen LogP contribution in [0.25, 0.3) is 0 Å². The zero-order valence-electron chi connectivity index (χ0n) is 21.7. The van der Waals surface area contributed by atoms with Crippen molar-refractivity contribution < 1.29 is 28.5 Å². The smallest absolute Gasteiger partial charge is 0.225 e. The number of hydrogen-bond acceptors (Lipinski definition) is 6. The Balaban J connectivity index is 1.66. The summed E-state index contributed by atoms with van der Waals surface area (Å²) in [5.74, 6) is 2.19. The average Bonchev–Trinajstić information content (AvgIpc) is 2.84. The highest BCUT2D eigenvalue weighted by Crippen LogP contribution is 2.45. The molecule has 2 aromatic rings. The molecule has 2 unspecified atom stereocenters. The van der Waals surface area contributed by atoms with Crippen LogP contribution in [-0.4, -0.2) is 38.1 Å². The number of Topliss-reactive ketones (excluding diaryl/α,β-unsaturated/α-hetero) is 1. The van der Waals surface area contributed by atoms with E-state index in [2.05, 4.69) is 5.32 Å². The molecule has 0 aromatic heterocycles. The first-order valence-electron chi connectivity index (χ1n) is 12.6. The molecule has 0 fully saturated rings. The van der Waals surface area contributed by atoms with Crippen LogP contribution in [0.2, 0.25) is 0 Å². The number of amides is 1. The van der Waals surface area contributed by atoms with Gasteiger partial charge in [0, 0.05) is 30.0 Å². The van der Waals surface area contributed by atoms with Crippen molar-refractivity contribution in [3.8, 4) is 23.0 Å². The third-order valence-corrected chi connectivity index (χ3v) is 6.53. The van der Waals surface area contributed by atoms with Gasteiger partial charge in [0.2, 0.25) is 5.91 Å². The van der Waals surface area contributed by atoms with E-state index < -0.39 is 0 Å². The molecule has 1 amide bonds. The van der Waals surface area contributed by atoms with Gasteiger partial charge in [0.25, 0.3) is 0 Å². The van der Waals surface area contributed by atoms with Crippen LogP contribution in [0.3, 0.4) is 0 Å². The SMILES string of the molecule is CCOc1ccc(C2CC(=O)NC3=C2C(=O)CC(c2ccc(OC(C)C)c(OC)c2)C3)cc1OCC. The summed E-state index contributed by atoms with van der Waals surface area (Å²) in [6.45, 7) is 8.78. The van der Waals surface area contributed by atoms with Gasteiger partial charge in [-0.05, 0) is 75.4 Å². The summed E-state index contributed by atoms with van der Waals surface area (Å²) in [6, 6.07) is 11.5. The van der Waals surface area contributed by atoms with Gasteiger partial charge in [-0.1, -0.05) is 12.1 Å². The van der Waals surface area contributed by atoms with Gasteiger partial charge in [0.15, 0.2) is 28.8 Å². The van der Waals surface area contributed by atoms with E-state index in [4.69, 9.17) is 18.9 Å². The first-order chi connectivity index (χ1) is 17.3. The van der Waals surface area contributed by atoms with Gasteiger partial charge in [0.1, 0.15) is 0 Å². The van der Waals surface area contributed by atoms with Crippen LogP contribution in [0.15, 0.2) is 47.7 Å². The van der Waals surface area contributed by atoms with Crippen LogP contribution in [0, 0.1) is 0 Å². The van der Waals surface area contributed by atoms with Crippen LogP contribution in [0.5, 0.6) is 23.0 Å². The molecule has 36 heavy (non-hydrogen) atoms. The molecule has 2 aromatic carbocycles. The van der Waals surface area contributed by atoms with Gasteiger partial charge >= 0.3 is 0 Å². The number of nitrogens with one attached hydrogen (secondary N) is 1. The standard InChI is InChI=1S/C29H35NO6/c1-6-34-24-10-9-19(15-27(24)35-7-2)21-16-28(32)30-22-12-20(13-23(31)29(21)22)18-8-11-25(36-17(3)4)26(14-18)33-5/h8-11,14-15,17,20-21H,6-7,12-13,16H2,1-5H3,(H,30,32). The zero-order valence-corrected chi connectivity index (χ0v) is 21.7. The number of carbonyl (C=O) groups is 2. The number of benzene rings is 2. The van der Waals surface area contributed by atoms with Gasteiger partial charge in [-0.2, -0.15) is 0 Å². The molecule has 2 atom stereocenters. The molecule has 1 aliphatic carbocycles. The molecule has 1 heterocycles. The lowest BCUT2D eigenvalue weighted by molar-refractivity contribution is -0.122. The number of carbonyl (C=O) groups excluding carboxylic acids is 2. The predicted octanol–water partition coefficient (Wildman–Crippen LogP) is 5.28. The minimum Gasteiger partial charge on any atom is -0.493 e. The molecule has 192 valence electrons. The first-order valence-corrected chi connectivity index (χ1v) is 12.6. The van der Waals surface area contributed by atoms with Crippen LogP contribution in [-0.2, 0) is 9.59 Å². The molecular weight excluding hydrogens is 458 g/mol. The maximum atomic E-state index is 13.5. The highest BCUT2D eigenvalue weighted by atomic mass is 16.5. The van der Waals surface area contributed by atoms with Crippen LogP contribution < -0.4 is 24.3 Å². The molecule has 0 saturated heterocycles. The lowest BCUT2D eigenvalue weighted by Crippen LogP contribution is -2.38. The second kappa shape index (κ2) is 11.1. The third kappa shape index (κ3) is 5.35. The summed E-state index contributed by atoms with van der Waals surface area (Å²) in [5.41, 5.74) is 3.28. The summed E-state index contributed by atoms with van der Waals surface area (Å²) in [6.07, 6.45) is 1.19. The largest absolute Gasteiger partial charge is 0.493 e. The van der Waals surface area contributed by atoms with Gasteiger partial charge < -0.3 is 24.3 Å². The van der Waals surface area contributed by atoms with Crippen molar-refractivity contribution in [3.63, 3.8) is 0 Å². The maximum absolute atomic E-state index is 13.5. The molecular formula is C29H35NO6. The third-order valence-electron chi connectivity index (χ3n) is 6.53. The van der Waals surface area contributed by atoms with E-state index in [1.807, 2.05) is 64.1 Å². The Hall–Kier alpha value is -3.48. The predicted molar refractivity (Wildman–Crippen MR) is 137 cm³/mol. The number of ether oxygens (including phenoxy) is 4. The minimum absolute atomic E-state index is 0.0222. The Morgan fingerprint density at radius 1 is 0.861 bits per heavy atom. The molecule has 0 radical (unpaired) electrons. The molecule has 4 rings (SSSR count). The molecule has 1 N–H and O–H groups in total. The van der Waals surface area contributed by atoms with Gasteiger partial charge in [-0.15, -0.1) is 0 Å². The number of hydrogen-bond donors (Lipinski definition) is 1. The van der Waals surface area contributed by atoms with Crippen molar-refractivity contribution in [1.29, 1.82) is 0 Å². The Labute approximate surface area is 212 Å². The molecule has 2 aliphatic rings. The fourth-order valence-corrected chi connectivity index (χ4v) is 5.05. The van der Waals surface area contributed by atoms with E-state index in [1.165, 1.54) is 0 Å². The fraction of sp³-hybridized carbons (Fsp3) is 0.448. The van der Waals surface area contributed by atoms with E-state index in [1.54, 1.807) is 7.11 Å². The van der Waals surface area contributed by atoms with Crippen molar-refractivity contribution in [1.82, 2.24) is 5.32 Å². The lowest BCUT2D eigenvalue weighted by atomic mass is 9.73. The number of methoxy groups -OCH3 is 1. The van der Waals surface area contributed by atoms with E-state index in [0.717, 1.165) is 11.1 Å². The molecule has 0 spiro atoms. The summed E-state index contributed by atoms with van der Waals surface area (Å²) in [7, 11) is 1.61. The Morgan fingerprint density at radius 3 is 2.22 bits per heavy atom. The van der Waals surface area contributed by atoms with Crippen molar-refractivity contribution in [2.45, 2.75) is 64.9 Å². The van der Waals surface area contributed by atoms with Crippen molar-refractivity contribution >= 4 is 11.7 Å². The van der Waals surface area contributed by atoms with Crippen LogP contribution in [0.1, 0.15) is 69.9 Å². The van der Waals surface area contributed by atoms with E-state index in [9.17, 15) is 9.59 Å². The zero-order chi connectivity index (χ0) is 25.8. The molecule has 1 aliphatic heterocycles. The monoisotopic (exact) mass is 493 g/mol.